The summed E-state index contributed by atoms with van der Waals surface area (Å²) in [5.41, 5.74) is 1.67. The van der Waals surface area contributed by atoms with Gasteiger partial charge < -0.3 is 35.9 Å². The Kier molecular flexibility index (Phi) is 15.3. The predicted molar refractivity (Wildman–Crippen MR) is 163 cm³/mol. The van der Waals surface area contributed by atoms with Crippen molar-refractivity contribution in [1.82, 2.24) is 26.3 Å². The number of rotatable bonds is 19. The highest BCUT2D eigenvalue weighted by atomic mass is 79.9. The van der Waals surface area contributed by atoms with Crippen LogP contribution in [0.15, 0.2) is 28.9 Å². The van der Waals surface area contributed by atoms with Gasteiger partial charge in [-0.15, -0.1) is 0 Å². The molecule has 4 amide bonds. The molecular weight excluding hydrogens is 649 g/mol. The first-order valence-electron chi connectivity index (χ1n) is 13.8. The number of fused-ring (bicyclic) bond motifs is 1. The molecule has 1 aromatic carbocycles. The van der Waals surface area contributed by atoms with Gasteiger partial charge in [0.2, 0.25) is 23.6 Å². The molecule has 2 aromatic rings. The van der Waals surface area contributed by atoms with Crippen molar-refractivity contribution < 1.29 is 42.4 Å². The number of methoxy groups -OCH3 is 1. The number of hydrogen-bond acceptors (Lipinski definition) is 8. The van der Waals surface area contributed by atoms with Gasteiger partial charge in [-0.05, 0) is 36.1 Å². The van der Waals surface area contributed by atoms with Gasteiger partial charge in [-0.2, -0.15) is 0 Å². The van der Waals surface area contributed by atoms with E-state index < -0.39 is 44.2 Å². The number of carbonyl (C=O) groups excluding carboxylic acids is 4. The third-order valence-corrected chi connectivity index (χ3v) is 7.95. The van der Waals surface area contributed by atoms with Crippen molar-refractivity contribution in [2.45, 2.75) is 52.1 Å². The fourth-order valence-electron chi connectivity index (χ4n) is 4.03. The predicted octanol–water partition coefficient (Wildman–Crippen LogP) is 1.91. The lowest BCUT2D eigenvalue weighted by molar-refractivity contribution is -0.130. The highest BCUT2D eigenvalue weighted by molar-refractivity contribution is 9.10. The van der Waals surface area contributed by atoms with Crippen molar-refractivity contribution in [3.05, 3.63) is 34.4 Å². The lowest BCUT2D eigenvalue weighted by Gasteiger charge is -2.24. The second kappa shape index (κ2) is 18.1. The van der Waals surface area contributed by atoms with Crippen LogP contribution in [-0.2, 0) is 43.9 Å². The molecule has 0 aliphatic rings. The second-order valence-electron chi connectivity index (χ2n) is 9.89. The average molecular weight is 691 g/mol. The maximum Gasteiger partial charge on any atom is 0.472 e. The number of H-pyrrole nitrogens is 1. The number of benzene rings is 1. The monoisotopic (exact) mass is 689 g/mol. The summed E-state index contributed by atoms with van der Waals surface area (Å²) in [6, 6.07) is 3.64. The van der Waals surface area contributed by atoms with Crippen molar-refractivity contribution in [1.29, 1.82) is 0 Å². The summed E-state index contributed by atoms with van der Waals surface area (Å²) in [6.45, 7) is 4.45. The van der Waals surface area contributed by atoms with E-state index in [0.717, 1.165) is 20.9 Å². The zero-order valence-corrected chi connectivity index (χ0v) is 27.2. The topological polar surface area (TPSA) is 197 Å². The Morgan fingerprint density at radius 1 is 1.07 bits per heavy atom. The van der Waals surface area contributed by atoms with Crippen LogP contribution in [0, 0.1) is 5.92 Å². The first kappa shape index (κ1) is 36.4. The SMILES string of the molecule is CC[C@H](C)[C@H](NC(=O)Cc1c[nH]c2ccc(Br)cc12)C(=O)NCCOP(=O)(O)OC[C@H](NC(C)=O)C(=O)NCCCOC. The van der Waals surface area contributed by atoms with E-state index in [4.69, 9.17) is 13.8 Å². The van der Waals surface area contributed by atoms with E-state index in [1.807, 2.05) is 32.0 Å². The molecule has 14 nitrogen and oxygen atoms in total. The second-order valence-corrected chi connectivity index (χ2v) is 12.3. The van der Waals surface area contributed by atoms with Gasteiger partial charge in [-0.1, -0.05) is 36.2 Å². The molecule has 0 saturated heterocycles. The van der Waals surface area contributed by atoms with Gasteiger partial charge in [-0.3, -0.25) is 28.2 Å². The summed E-state index contributed by atoms with van der Waals surface area (Å²) in [5, 5.41) is 11.2. The van der Waals surface area contributed by atoms with Gasteiger partial charge in [0, 0.05) is 55.3 Å². The fraction of sp³-hybridized carbons (Fsp3) is 0.556. The Morgan fingerprint density at radius 3 is 2.47 bits per heavy atom. The van der Waals surface area contributed by atoms with Crippen LogP contribution in [0.3, 0.4) is 0 Å². The number of aromatic nitrogens is 1. The highest BCUT2D eigenvalue weighted by Gasteiger charge is 2.29. The molecule has 43 heavy (non-hydrogen) atoms. The number of amides is 4. The maximum absolute atomic E-state index is 12.9. The molecule has 1 unspecified atom stereocenters. The molecule has 2 rings (SSSR count). The van der Waals surface area contributed by atoms with Crippen LogP contribution in [0.4, 0.5) is 0 Å². The molecule has 1 aromatic heterocycles. The van der Waals surface area contributed by atoms with E-state index in [1.165, 1.54) is 14.0 Å². The molecule has 0 fully saturated rings. The number of nitrogens with one attached hydrogen (secondary N) is 5. The number of phosphoric ester groups is 1. The Balaban J connectivity index is 1.86. The molecule has 0 spiro atoms. The molecule has 240 valence electrons. The molecule has 4 atom stereocenters. The zero-order valence-electron chi connectivity index (χ0n) is 24.7. The van der Waals surface area contributed by atoms with E-state index in [-0.39, 0.29) is 37.9 Å². The third-order valence-electron chi connectivity index (χ3n) is 6.47. The van der Waals surface area contributed by atoms with Gasteiger partial charge >= 0.3 is 7.82 Å². The first-order chi connectivity index (χ1) is 20.4. The van der Waals surface area contributed by atoms with Gasteiger partial charge in [0.15, 0.2) is 0 Å². The summed E-state index contributed by atoms with van der Waals surface area (Å²) in [7, 11) is -3.11. The summed E-state index contributed by atoms with van der Waals surface area (Å²) in [6.07, 6.45) is 2.97. The Hall–Kier alpha value is -2.81. The van der Waals surface area contributed by atoms with Crippen molar-refractivity contribution in [3.63, 3.8) is 0 Å². The van der Waals surface area contributed by atoms with Crippen molar-refractivity contribution in [3.8, 4) is 0 Å². The van der Waals surface area contributed by atoms with E-state index in [1.54, 1.807) is 6.20 Å². The van der Waals surface area contributed by atoms with Crippen LogP contribution >= 0.6 is 23.8 Å². The number of aromatic amines is 1. The normalized spacial score (nSPS) is 14.7. The van der Waals surface area contributed by atoms with Crippen molar-refractivity contribution in [2.75, 3.05) is 40.0 Å². The summed E-state index contributed by atoms with van der Waals surface area (Å²) in [5.74, 6) is -2.13. The lowest BCUT2D eigenvalue weighted by Crippen LogP contribution is -2.51. The largest absolute Gasteiger partial charge is 0.472 e. The minimum Gasteiger partial charge on any atom is -0.385 e. The molecule has 6 N–H and O–H groups in total. The number of ether oxygens (including phenoxy) is 1. The van der Waals surface area contributed by atoms with E-state index in [0.29, 0.717) is 19.4 Å². The van der Waals surface area contributed by atoms with Crippen LogP contribution in [0.25, 0.3) is 10.9 Å². The van der Waals surface area contributed by atoms with Gasteiger partial charge in [-0.25, -0.2) is 4.57 Å². The van der Waals surface area contributed by atoms with Crippen LogP contribution < -0.4 is 21.3 Å². The minimum absolute atomic E-state index is 0.0650. The molecule has 0 bridgehead atoms. The minimum atomic E-state index is -4.63. The van der Waals surface area contributed by atoms with E-state index in [2.05, 4.69) is 42.2 Å². The van der Waals surface area contributed by atoms with Crippen LogP contribution in [0.5, 0.6) is 0 Å². The molecular formula is C27H41BrN5O9P. The fourth-order valence-corrected chi connectivity index (χ4v) is 5.12. The number of phosphoric acid groups is 1. The average Bonchev–Trinajstić information content (AvgIpc) is 3.34. The third kappa shape index (κ3) is 12.8. The highest BCUT2D eigenvalue weighted by Crippen LogP contribution is 2.42. The zero-order chi connectivity index (χ0) is 32.0. The number of carbonyl (C=O) groups is 4. The number of hydrogen-bond donors (Lipinski definition) is 6. The molecule has 0 saturated carbocycles. The summed E-state index contributed by atoms with van der Waals surface area (Å²) >= 11 is 3.44. The van der Waals surface area contributed by atoms with Gasteiger partial charge in [0.25, 0.3) is 0 Å². The van der Waals surface area contributed by atoms with E-state index >= 15 is 0 Å². The quantitative estimate of drug-likeness (QED) is 0.0943. The van der Waals surface area contributed by atoms with E-state index in [9.17, 15) is 28.6 Å². The summed E-state index contributed by atoms with van der Waals surface area (Å²) < 4.78 is 27.9. The Morgan fingerprint density at radius 2 is 1.79 bits per heavy atom. The standard InChI is InChI=1S/C27H41BrN5O9P/c1-5-17(2)25(33-24(35)13-19-15-31-22-8-7-20(28)14-21(19)22)27(37)30-10-12-41-43(38,39)42-16-23(32-18(3)34)26(36)29-9-6-11-40-4/h7-8,14-15,17,23,25,31H,5-6,9-13,16H2,1-4H3,(H,29,36)(H,30,37)(H,32,34)(H,33,35)(H,38,39)/t17-,23-,25-/m0/s1. The Labute approximate surface area is 259 Å². The van der Waals surface area contributed by atoms with Crippen LogP contribution in [0.2, 0.25) is 0 Å². The van der Waals surface area contributed by atoms with Crippen LogP contribution in [-0.4, -0.2) is 85.6 Å². The molecule has 0 radical (unpaired) electrons. The molecule has 0 aliphatic carbocycles. The molecule has 1 heterocycles. The molecule has 16 heteroatoms. The molecule has 0 aliphatic heterocycles. The lowest BCUT2D eigenvalue weighted by atomic mass is 9.98. The Bertz CT molecular complexity index is 1290. The van der Waals surface area contributed by atoms with Crippen LogP contribution in [0.1, 0.15) is 39.2 Å². The first-order valence-corrected chi connectivity index (χ1v) is 16.1. The van der Waals surface area contributed by atoms with Gasteiger partial charge in [0.05, 0.1) is 19.6 Å². The van der Waals surface area contributed by atoms with Crippen molar-refractivity contribution in [2.24, 2.45) is 5.92 Å². The maximum atomic E-state index is 12.9. The smallest absolute Gasteiger partial charge is 0.385 e. The summed E-state index contributed by atoms with van der Waals surface area (Å²) in [4.78, 5) is 62.8. The number of halogens is 1. The van der Waals surface area contributed by atoms with Gasteiger partial charge in [0.1, 0.15) is 12.1 Å². The van der Waals surface area contributed by atoms with Crippen molar-refractivity contribution >= 4 is 58.3 Å².